The number of hydrogen-bond acceptors (Lipinski definition) is 5. The Kier molecular flexibility index (Phi) is 4.29. The Labute approximate surface area is 112 Å². The van der Waals surface area contributed by atoms with Gasteiger partial charge < -0.3 is 25.6 Å². The van der Waals surface area contributed by atoms with Crippen molar-refractivity contribution in [2.75, 3.05) is 30.4 Å². The summed E-state index contributed by atoms with van der Waals surface area (Å²) >= 11 is 0. The number of benzene rings is 1. The van der Waals surface area contributed by atoms with Crippen LogP contribution in [0.4, 0.5) is 11.4 Å². The molecule has 2 atom stereocenters. The van der Waals surface area contributed by atoms with Gasteiger partial charge in [0.15, 0.2) is 0 Å². The van der Waals surface area contributed by atoms with Gasteiger partial charge in [-0.1, -0.05) is 6.58 Å². The third-order valence-electron chi connectivity index (χ3n) is 3.32. The van der Waals surface area contributed by atoms with Gasteiger partial charge in [-0.25, -0.2) is 0 Å². The number of nitrogens with two attached hydrogens (primary N) is 1. The topological polar surface area (TPSA) is 79.0 Å². The maximum atomic E-state index is 9.72. The summed E-state index contributed by atoms with van der Waals surface area (Å²) in [4.78, 5) is 2.05. The molecule has 1 aliphatic heterocycles. The number of ether oxygens (including phenoxy) is 1. The standard InChI is InChI=1S/C14H20N2O3/c1-10(18)14-8-13(19-7-6-17)9-16(14)12-4-2-11(15)3-5-12/h2-5,13-14,17-18H,1,6-9,15H2. The Morgan fingerprint density at radius 3 is 2.68 bits per heavy atom. The van der Waals surface area contributed by atoms with E-state index in [9.17, 15) is 5.11 Å². The van der Waals surface area contributed by atoms with Gasteiger partial charge in [0.2, 0.25) is 0 Å². The van der Waals surface area contributed by atoms with Crippen molar-refractivity contribution in [2.24, 2.45) is 0 Å². The fourth-order valence-electron chi connectivity index (χ4n) is 2.40. The van der Waals surface area contributed by atoms with Crippen LogP contribution in [0.1, 0.15) is 6.42 Å². The molecule has 0 aromatic heterocycles. The molecule has 1 aromatic carbocycles. The summed E-state index contributed by atoms with van der Waals surface area (Å²) in [6.45, 7) is 4.60. The normalized spacial score (nSPS) is 22.7. The number of anilines is 2. The third kappa shape index (κ3) is 3.19. The van der Waals surface area contributed by atoms with Crippen molar-refractivity contribution < 1.29 is 14.9 Å². The Hall–Kier alpha value is -1.72. The predicted octanol–water partition coefficient (Wildman–Crippen LogP) is 1.30. The quantitative estimate of drug-likeness (QED) is 0.552. The molecule has 1 aliphatic rings. The van der Waals surface area contributed by atoms with Gasteiger partial charge in [-0.2, -0.15) is 0 Å². The zero-order valence-corrected chi connectivity index (χ0v) is 10.8. The van der Waals surface area contributed by atoms with Crippen LogP contribution < -0.4 is 10.6 Å². The van der Waals surface area contributed by atoms with E-state index in [0.29, 0.717) is 25.3 Å². The summed E-state index contributed by atoms with van der Waals surface area (Å²) in [5.41, 5.74) is 7.36. The van der Waals surface area contributed by atoms with Crippen LogP contribution in [0.15, 0.2) is 36.6 Å². The molecular weight excluding hydrogens is 244 g/mol. The molecule has 5 nitrogen and oxygen atoms in total. The number of aliphatic hydroxyl groups is 2. The fraction of sp³-hybridized carbons (Fsp3) is 0.429. The Bertz CT molecular complexity index is 433. The SMILES string of the molecule is C=C(O)C1CC(OCCO)CN1c1ccc(N)cc1. The average molecular weight is 264 g/mol. The molecule has 1 aromatic rings. The Balaban J connectivity index is 2.12. The molecule has 19 heavy (non-hydrogen) atoms. The highest BCUT2D eigenvalue weighted by Crippen LogP contribution is 2.30. The van der Waals surface area contributed by atoms with Gasteiger partial charge in [0.1, 0.15) is 5.76 Å². The number of nitrogen functional groups attached to an aromatic ring is 1. The van der Waals surface area contributed by atoms with Crippen LogP contribution in [0.5, 0.6) is 0 Å². The van der Waals surface area contributed by atoms with E-state index in [4.69, 9.17) is 15.6 Å². The molecule has 0 bridgehead atoms. The van der Waals surface area contributed by atoms with Crippen LogP contribution in [-0.4, -0.2) is 42.1 Å². The first kappa shape index (κ1) is 13.7. The number of aliphatic hydroxyl groups excluding tert-OH is 2. The molecule has 0 spiro atoms. The Morgan fingerprint density at radius 2 is 2.11 bits per heavy atom. The van der Waals surface area contributed by atoms with E-state index in [0.717, 1.165) is 5.69 Å². The van der Waals surface area contributed by atoms with Crippen molar-refractivity contribution in [3.05, 3.63) is 36.6 Å². The first-order chi connectivity index (χ1) is 9.11. The van der Waals surface area contributed by atoms with Crippen molar-refractivity contribution in [1.29, 1.82) is 0 Å². The monoisotopic (exact) mass is 264 g/mol. The summed E-state index contributed by atoms with van der Waals surface area (Å²) in [5, 5.41) is 18.5. The van der Waals surface area contributed by atoms with E-state index in [-0.39, 0.29) is 24.5 Å². The summed E-state index contributed by atoms with van der Waals surface area (Å²) in [6, 6.07) is 7.33. The highest BCUT2D eigenvalue weighted by Gasteiger charge is 2.34. The zero-order valence-electron chi connectivity index (χ0n) is 10.8. The second kappa shape index (κ2) is 5.95. The van der Waals surface area contributed by atoms with Gasteiger partial charge in [0, 0.05) is 24.3 Å². The summed E-state index contributed by atoms with van der Waals surface area (Å²) in [7, 11) is 0. The zero-order chi connectivity index (χ0) is 13.8. The lowest BCUT2D eigenvalue weighted by molar-refractivity contribution is 0.0394. The van der Waals surface area contributed by atoms with Crippen molar-refractivity contribution in [3.63, 3.8) is 0 Å². The predicted molar refractivity (Wildman–Crippen MR) is 75.2 cm³/mol. The number of hydrogen-bond donors (Lipinski definition) is 3. The molecular formula is C14H20N2O3. The summed E-state index contributed by atoms with van der Waals surface area (Å²) in [5.74, 6) is 0.131. The van der Waals surface area contributed by atoms with Gasteiger partial charge >= 0.3 is 0 Å². The van der Waals surface area contributed by atoms with Crippen LogP contribution >= 0.6 is 0 Å². The first-order valence-corrected chi connectivity index (χ1v) is 6.34. The highest BCUT2D eigenvalue weighted by molar-refractivity contribution is 5.55. The maximum absolute atomic E-state index is 9.72. The van der Waals surface area contributed by atoms with Crippen LogP contribution in [0.25, 0.3) is 0 Å². The van der Waals surface area contributed by atoms with E-state index in [2.05, 4.69) is 6.58 Å². The van der Waals surface area contributed by atoms with E-state index in [1.54, 1.807) is 0 Å². The smallest absolute Gasteiger partial charge is 0.108 e. The minimum absolute atomic E-state index is 0.00308. The highest BCUT2D eigenvalue weighted by atomic mass is 16.5. The van der Waals surface area contributed by atoms with E-state index in [1.165, 1.54) is 0 Å². The van der Waals surface area contributed by atoms with E-state index >= 15 is 0 Å². The summed E-state index contributed by atoms with van der Waals surface area (Å²) < 4.78 is 5.54. The lowest BCUT2D eigenvalue weighted by Crippen LogP contribution is -2.31. The van der Waals surface area contributed by atoms with Crippen molar-refractivity contribution in [3.8, 4) is 0 Å². The molecule has 0 aliphatic carbocycles. The number of rotatable bonds is 5. The van der Waals surface area contributed by atoms with Crippen molar-refractivity contribution >= 4 is 11.4 Å². The van der Waals surface area contributed by atoms with Crippen molar-refractivity contribution in [1.82, 2.24) is 0 Å². The second-order valence-electron chi connectivity index (χ2n) is 4.70. The molecule has 1 heterocycles. The van der Waals surface area contributed by atoms with E-state index in [1.807, 2.05) is 29.2 Å². The van der Waals surface area contributed by atoms with E-state index < -0.39 is 0 Å². The second-order valence-corrected chi connectivity index (χ2v) is 4.70. The van der Waals surface area contributed by atoms with Crippen LogP contribution in [0.2, 0.25) is 0 Å². The molecule has 5 heteroatoms. The van der Waals surface area contributed by atoms with Gasteiger partial charge in [-0.05, 0) is 24.3 Å². The molecule has 1 fully saturated rings. The van der Waals surface area contributed by atoms with Gasteiger partial charge in [-0.3, -0.25) is 0 Å². The maximum Gasteiger partial charge on any atom is 0.108 e. The average Bonchev–Trinajstić information content (AvgIpc) is 2.81. The van der Waals surface area contributed by atoms with Crippen molar-refractivity contribution in [2.45, 2.75) is 18.6 Å². The number of nitrogens with zero attached hydrogens (tertiary/aromatic N) is 1. The van der Waals surface area contributed by atoms with Gasteiger partial charge in [-0.15, -0.1) is 0 Å². The van der Waals surface area contributed by atoms with Crippen LogP contribution in [0.3, 0.4) is 0 Å². The lowest BCUT2D eigenvalue weighted by atomic mass is 10.1. The minimum Gasteiger partial charge on any atom is -0.511 e. The largest absolute Gasteiger partial charge is 0.511 e. The van der Waals surface area contributed by atoms with Crippen LogP contribution in [-0.2, 0) is 4.74 Å². The summed E-state index contributed by atoms with van der Waals surface area (Å²) in [6.07, 6.45) is 0.651. The third-order valence-corrected chi connectivity index (χ3v) is 3.32. The minimum atomic E-state index is -0.160. The van der Waals surface area contributed by atoms with Gasteiger partial charge in [0.05, 0.1) is 25.4 Å². The molecule has 2 rings (SSSR count). The Morgan fingerprint density at radius 1 is 1.42 bits per heavy atom. The van der Waals surface area contributed by atoms with Crippen LogP contribution in [0, 0.1) is 0 Å². The molecule has 0 amide bonds. The molecule has 4 N–H and O–H groups in total. The fourth-order valence-corrected chi connectivity index (χ4v) is 2.40. The molecule has 0 radical (unpaired) electrons. The molecule has 0 saturated carbocycles. The van der Waals surface area contributed by atoms with Gasteiger partial charge in [0.25, 0.3) is 0 Å². The molecule has 1 saturated heterocycles. The molecule has 104 valence electrons. The first-order valence-electron chi connectivity index (χ1n) is 6.34. The molecule has 2 unspecified atom stereocenters. The lowest BCUT2D eigenvalue weighted by Gasteiger charge is -2.25.